The van der Waals surface area contributed by atoms with Crippen molar-refractivity contribution in [1.29, 1.82) is 0 Å². The van der Waals surface area contributed by atoms with Crippen molar-refractivity contribution in [3.05, 3.63) is 5.92 Å². The van der Waals surface area contributed by atoms with Gasteiger partial charge in [0.15, 0.2) is 0 Å². The molecule has 1 unspecified atom stereocenters. The second-order valence-electron chi connectivity index (χ2n) is 5.47. The molecule has 0 saturated heterocycles. The van der Waals surface area contributed by atoms with Crippen molar-refractivity contribution in [2.45, 2.75) is 59.8 Å². The van der Waals surface area contributed by atoms with E-state index in [1.54, 1.807) is 0 Å². The van der Waals surface area contributed by atoms with Gasteiger partial charge in [0, 0.05) is 0 Å². The summed E-state index contributed by atoms with van der Waals surface area (Å²) < 4.78 is 0. The van der Waals surface area contributed by atoms with Crippen LogP contribution in [0.2, 0.25) is 0 Å². The Bertz CT molecular complexity index is 119. The monoisotopic (exact) mass is 181 g/mol. The smallest absolute Gasteiger partial charge is 0.0207 e. The Morgan fingerprint density at radius 1 is 1.15 bits per heavy atom. The van der Waals surface area contributed by atoms with Crippen molar-refractivity contribution in [2.24, 2.45) is 17.8 Å². The van der Waals surface area contributed by atoms with Crippen molar-refractivity contribution in [3.63, 3.8) is 0 Å². The summed E-state index contributed by atoms with van der Waals surface area (Å²) in [6.07, 6.45) is 7.18. The van der Waals surface area contributed by atoms with Gasteiger partial charge in [-0.2, -0.15) is 0 Å². The lowest BCUT2D eigenvalue weighted by Gasteiger charge is -2.22. The minimum Gasteiger partial charge on any atom is -0.0628 e. The van der Waals surface area contributed by atoms with E-state index < -0.39 is 0 Å². The van der Waals surface area contributed by atoms with Crippen LogP contribution >= 0.6 is 0 Å². The van der Waals surface area contributed by atoms with Gasteiger partial charge >= 0.3 is 0 Å². The Balaban J connectivity index is 2.35. The normalized spacial score (nSPS) is 24.9. The third-order valence-electron chi connectivity index (χ3n) is 3.05. The molecule has 1 aliphatic rings. The third kappa shape index (κ3) is 3.70. The summed E-state index contributed by atoms with van der Waals surface area (Å²) in [6.45, 7) is 9.39. The van der Waals surface area contributed by atoms with Crippen LogP contribution < -0.4 is 0 Å². The summed E-state index contributed by atoms with van der Waals surface area (Å²) in [5.74, 6) is 4.60. The predicted octanol–water partition coefficient (Wildman–Crippen LogP) is 4.45. The van der Waals surface area contributed by atoms with E-state index in [-0.39, 0.29) is 0 Å². The second-order valence-corrected chi connectivity index (χ2v) is 5.47. The van der Waals surface area contributed by atoms with Gasteiger partial charge in [0.1, 0.15) is 0 Å². The fourth-order valence-electron chi connectivity index (χ4n) is 2.63. The van der Waals surface area contributed by atoms with Crippen LogP contribution in [0.4, 0.5) is 0 Å². The molecule has 1 saturated carbocycles. The Morgan fingerprint density at radius 2 is 1.85 bits per heavy atom. The van der Waals surface area contributed by atoms with Crippen LogP contribution in [0.5, 0.6) is 0 Å². The first-order valence-corrected chi connectivity index (χ1v) is 5.94. The van der Waals surface area contributed by atoms with Crippen LogP contribution in [0.15, 0.2) is 0 Å². The summed E-state index contributed by atoms with van der Waals surface area (Å²) in [5, 5.41) is 0. The van der Waals surface area contributed by atoms with Crippen LogP contribution in [0.1, 0.15) is 59.8 Å². The van der Waals surface area contributed by atoms with Crippen LogP contribution in [0.3, 0.4) is 0 Å². The maximum Gasteiger partial charge on any atom is -0.0207 e. The molecule has 0 heterocycles. The molecular formula is C13H25. The molecule has 1 atom stereocenters. The van der Waals surface area contributed by atoms with Gasteiger partial charge in [-0.25, -0.2) is 0 Å². The van der Waals surface area contributed by atoms with E-state index in [0.717, 1.165) is 17.8 Å². The van der Waals surface area contributed by atoms with E-state index in [1.165, 1.54) is 32.1 Å². The van der Waals surface area contributed by atoms with E-state index in [9.17, 15) is 0 Å². The average molecular weight is 181 g/mol. The first kappa shape index (κ1) is 11.1. The van der Waals surface area contributed by atoms with Gasteiger partial charge in [-0.15, -0.1) is 0 Å². The lowest BCUT2D eigenvalue weighted by atomic mass is 9.83. The van der Waals surface area contributed by atoms with Crippen LogP contribution in [-0.2, 0) is 0 Å². The van der Waals surface area contributed by atoms with Gasteiger partial charge in [0.05, 0.1) is 0 Å². The molecule has 0 heteroatoms. The van der Waals surface area contributed by atoms with E-state index in [1.807, 2.05) is 5.92 Å². The summed E-state index contributed by atoms with van der Waals surface area (Å²) in [5.41, 5.74) is 0. The Kier molecular flexibility index (Phi) is 4.28. The molecule has 1 aliphatic carbocycles. The maximum absolute atomic E-state index is 2.35. The third-order valence-corrected chi connectivity index (χ3v) is 3.05. The molecule has 0 aromatic rings. The Morgan fingerprint density at radius 3 is 2.38 bits per heavy atom. The van der Waals surface area contributed by atoms with Crippen LogP contribution in [-0.4, -0.2) is 0 Å². The summed E-state index contributed by atoms with van der Waals surface area (Å²) >= 11 is 0. The highest BCUT2D eigenvalue weighted by Crippen LogP contribution is 2.41. The SMILES string of the molecule is CC(C)C[C]1CCCC1CC(C)C. The average Bonchev–Trinajstić information content (AvgIpc) is 2.34. The minimum atomic E-state index is 0.864. The van der Waals surface area contributed by atoms with E-state index >= 15 is 0 Å². The number of hydrogen-bond donors (Lipinski definition) is 0. The van der Waals surface area contributed by atoms with Gasteiger partial charge in [-0.05, 0) is 49.4 Å². The second kappa shape index (κ2) is 5.02. The predicted molar refractivity (Wildman–Crippen MR) is 59.5 cm³/mol. The molecular weight excluding hydrogens is 156 g/mol. The molecule has 0 aromatic carbocycles. The molecule has 0 bridgehead atoms. The van der Waals surface area contributed by atoms with Gasteiger partial charge in [0.2, 0.25) is 0 Å². The summed E-state index contributed by atoms with van der Waals surface area (Å²) in [4.78, 5) is 0. The van der Waals surface area contributed by atoms with Crippen molar-refractivity contribution in [1.82, 2.24) is 0 Å². The molecule has 0 aromatic heterocycles. The Labute approximate surface area is 84.1 Å². The largest absolute Gasteiger partial charge is 0.0628 e. The lowest BCUT2D eigenvalue weighted by Crippen LogP contribution is -2.10. The lowest BCUT2D eigenvalue weighted by molar-refractivity contribution is 0.407. The molecule has 13 heavy (non-hydrogen) atoms. The highest BCUT2D eigenvalue weighted by atomic mass is 14.3. The van der Waals surface area contributed by atoms with Crippen LogP contribution in [0.25, 0.3) is 0 Å². The molecule has 0 spiro atoms. The van der Waals surface area contributed by atoms with E-state index in [0.29, 0.717) is 0 Å². The molecule has 1 radical (unpaired) electrons. The molecule has 0 N–H and O–H groups in total. The standard InChI is InChI=1S/C13H25/c1-10(2)8-12-6-5-7-13(12)9-11(3)4/h10-12H,5-9H2,1-4H3. The van der Waals surface area contributed by atoms with Crippen molar-refractivity contribution >= 4 is 0 Å². The maximum atomic E-state index is 2.35. The zero-order chi connectivity index (χ0) is 9.84. The fourth-order valence-corrected chi connectivity index (χ4v) is 2.63. The molecule has 0 amide bonds. The van der Waals surface area contributed by atoms with E-state index in [2.05, 4.69) is 27.7 Å². The van der Waals surface area contributed by atoms with E-state index in [4.69, 9.17) is 0 Å². The number of rotatable bonds is 4. The van der Waals surface area contributed by atoms with Crippen molar-refractivity contribution in [2.75, 3.05) is 0 Å². The topological polar surface area (TPSA) is 0 Å². The van der Waals surface area contributed by atoms with Gasteiger partial charge in [-0.3, -0.25) is 0 Å². The Hall–Kier alpha value is 0. The van der Waals surface area contributed by atoms with Gasteiger partial charge in [0.25, 0.3) is 0 Å². The fraction of sp³-hybridized carbons (Fsp3) is 0.923. The highest BCUT2D eigenvalue weighted by molar-refractivity contribution is 5.02. The summed E-state index contributed by atoms with van der Waals surface area (Å²) in [6, 6.07) is 0. The molecule has 1 rings (SSSR count). The van der Waals surface area contributed by atoms with Gasteiger partial charge < -0.3 is 0 Å². The number of hydrogen-bond acceptors (Lipinski definition) is 0. The van der Waals surface area contributed by atoms with Gasteiger partial charge in [-0.1, -0.05) is 34.1 Å². The van der Waals surface area contributed by atoms with Crippen molar-refractivity contribution < 1.29 is 0 Å². The quantitative estimate of drug-likeness (QED) is 0.601. The van der Waals surface area contributed by atoms with Crippen LogP contribution in [0, 0.1) is 23.7 Å². The zero-order valence-electron chi connectivity index (χ0n) is 9.77. The molecule has 0 aliphatic heterocycles. The zero-order valence-corrected chi connectivity index (χ0v) is 9.77. The minimum absolute atomic E-state index is 0.864. The molecule has 0 nitrogen and oxygen atoms in total. The molecule has 1 fully saturated rings. The highest BCUT2D eigenvalue weighted by Gasteiger charge is 2.28. The van der Waals surface area contributed by atoms with Crippen molar-refractivity contribution in [3.8, 4) is 0 Å². The summed E-state index contributed by atoms with van der Waals surface area (Å²) in [7, 11) is 0. The molecule has 77 valence electrons. The first-order chi connectivity index (χ1) is 6.09. The first-order valence-electron chi connectivity index (χ1n) is 5.94.